The molecule has 1 unspecified atom stereocenters. The third-order valence-corrected chi connectivity index (χ3v) is 6.14. The fourth-order valence-electron chi connectivity index (χ4n) is 4.08. The Hall–Kier alpha value is -2.77. The predicted octanol–water partition coefficient (Wildman–Crippen LogP) is 4.31. The van der Waals surface area contributed by atoms with Gasteiger partial charge in [0.25, 0.3) is 6.43 Å². The van der Waals surface area contributed by atoms with Crippen molar-refractivity contribution in [3.63, 3.8) is 0 Å². The summed E-state index contributed by atoms with van der Waals surface area (Å²) in [5.41, 5.74) is 1.15. The molecule has 32 heavy (non-hydrogen) atoms. The van der Waals surface area contributed by atoms with E-state index in [-0.39, 0.29) is 18.0 Å². The molecule has 0 radical (unpaired) electrons. The summed E-state index contributed by atoms with van der Waals surface area (Å²) in [6.07, 6.45) is 2.74. The van der Waals surface area contributed by atoms with Crippen LogP contribution in [-0.4, -0.2) is 55.0 Å². The van der Waals surface area contributed by atoms with Gasteiger partial charge in [0.15, 0.2) is 0 Å². The molecule has 2 aromatic rings. The van der Waals surface area contributed by atoms with E-state index in [0.29, 0.717) is 30.5 Å². The van der Waals surface area contributed by atoms with Crippen molar-refractivity contribution in [3.05, 3.63) is 42.1 Å². The Kier molecular flexibility index (Phi) is 6.86. The quantitative estimate of drug-likeness (QED) is 0.544. The maximum atomic E-state index is 12.7. The number of ketones is 1. The van der Waals surface area contributed by atoms with Crippen LogP contribution >= 0.6 is 0 Å². The average molecular weight is 445 g/mol. The molecule has 1 aliphatic heterocycles. The first kappa shape index (κ1) is 22.4. The molecule has 1 saturated heterocycles. The third kappa shape index (κ3) is 5.72. The zero-order chi connectivity index (χ0) is 22.7. The average Bonchev–Trinajstić information content (AvgIpc) is 3.53. The van der Waals surface area contributed by atoms with Gasteiger partial charge in [-0.2, -0.15) is 4.98 Å². The number of benzene rings is 1. The SMILES string of the molecule is C[C@H](CC(=O)C1CC1)c1ccc(OC2CCN(c3ccnc(N(C)CC(F)F)n3)C2)cc1. The van der Waals surface area contributed by atoms with Crippen LogP contribution in [0.3, 0.4) is 0 Å². The zero-order valence-electron chi connectivity index (χ0n) is 18.6. The Labute approximate surface area is 187 Å². The van der Waals surface area contributed by atoms with E-state index in [1.165, 1.54) is 4.90 Å². The highest BCUT2D eigenvalue weighted by Gasteiger charge is 2.30. The van der Waals surface area contributed by atoms with Crippen molar-refractivity contribution < 1.29 is 18.3 Å². The van der Waals surface area contributed by atoms with Crippen LogP contribution in [0.25, 0.3) is 0 Å². The molecule has 2 atom stereocenters. The lowest BCUT2D eigenvalue weighted by molar-refractivity contribution is -0.120. The summed E-state index contributed by atoms with van der Waals surface area (Å²) in [6, 6.07) is 9.82. The van der Waals surface area contributed by atoms with Crippen molar-refractivity contribution >= 4 is 17.5 Å². The largest absolute Gasteiger partial charge is 0.489 e. The Morgan fingerprint density at radius 1 is 1.22 bits per heavy atom. The summed E-state index contributed by atoms with van der Waals surface area (Å²) >= 11 is 0. The van der Waals surface area contributed by atoms with E-state index in [1.807, 2.05) is 24.3 Å². The van der Waals surface area contributed by atoms with Gasteiger partial charge < -0.3 is 14.5 Å². The summed E-state index contributed by atoms with van der Waals surface area (Å²) in [5.74, 6) is 2.72. The van der Waals surface area contributed by atoms with Gasteiger partial charge in [0, 0.05) is 38.5 Å². The van der Waals surface area contributed by atoms with Crippen LogP contribution < -0.4 is 14.5 Å². The first-order valence-electron chi connectivity index (χ1n) is 11.3. The van der Waals surface area contributed by atoms with E-state index >= 15 is 0 Å². The van der Waals surface area contributed by atoms with Crippen molar-refractivity contribution in [1.29, 1.82) is 0 Å². The van der Waals surface area contributed by atoms with Crippen LogP contribution in [0.1, 0.15) is 44.1 Å². The van der Waals surface area contributed by atoms with Gasteiger partial charge in [-0.25, -0.2) is 13.8 Å². The van der Waals surface area contributed by atoms with Gasteiger partial charge in [0.2, 0.25) is 5.95 Å². The molecule has 0 amide bonds. The lowest BCUT2D eigenvalue weighted by atomic mass is 9.94. The number of carbonyl (C=O) groups is 1. The number of nitrogens with zero attached hydrogens (tertiary/aromatic N) is 4. The molecule has 4 rings (SSSR count). The summed E-state index contributed by atoms with van der Waals surface area (Å²) in [6.45, 7) is 3.14. The van der Waals surface area contributed by atoms with E-state index in [1.54, 1.807) is 19.3 Å². The Morgan fingerprint density at radius 3 is 2.66 bits per heavy atom. The zero-order valence-corrected chi connectivity index (χ0v) is 18.6. The number of hydrogen-bond acceptors (Lipinski definition) is 6. The van der Waals surface area contributed by atoms with Crippen molar-refractivity contribution in [3.8, 4) is 5.75 Å². The number of halogens is 2. The standard InChI is InChI=1S/C24H30F2N4O2/c1-16(13-21(31)18-3-4-18)17-5-7-19(8-6-17)32-20-10-12-30(14-20)23-9-11-27-24(28-23)29(2)15-22(25)26/h5-9,11,16,18,20,22H,3-4,10,12-15H2,1-2H3/t16-,20?/m1/s1. The number of anilines is 2. The van der Waals surface area contributed by atoms with Crippen LogP contribution in [0.5, 0.6) is 5.75 Å². The number of ether oxygens (including phenoxy) is 1. The minimum absolute atomic E-state index is 0.0203. The number of carbonyl (C=O) groups excluding carboxylic acids is 1. The monoisotopic (exact) mass is 444 g/mol. The lowest BCUT2D eigenvalue weighted by Crippen LogP contribution is -2.28. The van der Waals surface area contributed by atoms with E-state index in [4.69, 9.17) is 4.74 Å². The van der Waals surface area contributed by atoms with Crippen LogP contribution in [-0.2, 0) is 4.79 Å². The fourth-order valence-corrected chi connectivity index (χ4v) is 4.08. The molecule has 8 heteroatoms. The Bertz CT molecular complexity index is 920. The molecule has 0 N–H and O–H groups in total. The molecule has 2 aliphatic rings. The number of aromatic nitrogens is 2. The van der Waals surface area contributed by atoms with E-state index in [0.717, 1.165) is 37.1 Å². The second-order valence-corrected chi connectivity index (χ2v) is 8.88. The molecule has 2 heterocycles. The highest BCUT2D eigenvalue weighted by atomic mass is 19.3. The van der Waals surface area contributed by atoms with Gasteiger partial charge in [0.1, 0.15) is 23.5 Å². The predicted molar refractivity (Wildman–Crippen MR) is 120 cm³/mol. The van der Waals surface area contributed by atoms with Crippen LogP contribution in [0.4, 0.5) is 20.5 Å². The van der Waals surface area contributed by atoms with Crippen molar-refractivity contribution in [2.75, 3.05) is 36.5 Å². The van der Waals surface area contributed by atoms with Crippen molar-refractivity contribution in [2.24, 2.45) is 5.92 Å². The Morgan fingerprint density at radius 2 is 1.97 bits per heavy atom. The molecule has 0 bridgehead atoms. The first-order valence-corrected chi connectivity index (χ1v) is 11.3. The lowest BCUT2D eigenvalue weighted by Gasteiger charge is -2.21. The maximum absolute atomic E-state index is 12.7. The summed E-state index contributed by atoms with van der Waals surface area (Å²) in [5, 5.41) is 0. The van der Waals surface area contributed by atoms with Gasteiger partial charge in [0.05, 0.1) is 13.1 Å². The number of hydrogen-bond donors (Lipinski definition) is 0. The molecule has 1 saturated carbocycles. The molecule has 1 aromatic carbocycles. The number of rotatable bonds is 10. The molecular formula is C24H30F2N4O2. The molecule has 0 spiro atoms. The molecular weight excluding hydrogens is 414 g/mol. The summed E-state index contributed by atoms with van der Waals surface area (Å²) in [4.78, 5) is 24.1. The van der Waals surface area contributed by atoms with Gasteiger partial charge >= 0.3 is 0 Å². The highest BCUT2D eigenvalue weighted by Crippen LogP contribution is 2.34. The second-order valence-electron chi connectivity index (χ2n) is 8.88. The number of Topliss-reactive ketones (excluding diaryl/α,β-unsaturated/α-hetero) is 1. The van der Waals surface area contributed by atoms with Gasteiger partial charge in [-0.15, -0.1) is 0 Å². The van der Waals surface area contributed by atoms with Gasteiger partial charge in [-0.3, -0.25) is 4.79 Å². The molecule has 172 valence electrons. The number of alkyl halides is 2. The van der Waals surface area contributed by atoms with Crippen LogP contribution in [0.2, 0.25) is 0 Å². The van der Waals surface area contributed by atoms with E-state index < -0.39 is 13.0 Å². The molecule has 2 fully saturated rings. The highest BCUT2D eigenvalue weighted by molar-refractivity contribution is 5.83. The fraction of sp³-hybridized carbons (Fsp3) is 0.542. The third-order valence-electron chi connectivity index (χ3n) is 6.14. The Balaban J connectivity index is 1.31. The second kappa shape index (κ2) is 9.79. The van der Waals surface area contributed by atoms with Crippen LogP contribution in [0.15, 0.2) is 36.5 Å². The van der Waals surface area contributed by atoms with Gasteiger partial charge in [-0.05, 0) is 42.5 Å². The molecule has 1 aromatic heterocycles. The summed E-state index contributed by atoms with van der Waals surface area (Å²) in [7, 11) is 1.56. The van der Waals surface area contributed by atoms with Crippen molar-refractivity contribution in [1.82, 2.24) is 9.97 Å². The van der Waals surface area contributed by atoms with Crippen LogP contribution in [0, 0.1) is 5.92 Å². The van der Waals surface area contributed by atoms with E-state index in [9.17, 15) is 13.6 Å². The topological polar surface area (TPSA) is 58.6 Å². The van der Waals surface area contributed by atoms with Gasteiger partial charge in [-0.1, -0.05) is 19.1 Å². The molecule has 6 nitrogen and oxygen atoms in total. The first-order chi connectivity index (χ1) is 15.4. The molecule has 1 aliphatic carbocycles. The van der Waals surface area contributed by atoms with Crippen molar-refractivity contribution in [2.45, 2.75) is 51.1 Å². The van der Waals surface area contributed by atoms with E-state index in [2.05, 4.69) is 21.8 Å². The minimum atomic E-state index is -2.44. The maximum Gasteiger partial charge on any atom is 0.255 e. The summed E-state index contributed by atoms with van der Waals surface area (Å²) < 4.78 is 31.5. The normalized spacial score (nSPS) is 19.3. The minimum Gasteiger partial charge on any atom is -0.489 e. The smallest absolute Gasteiger partial charge is 0.255 e.